The van der Waals surface area contributed by atoms with Crippen LogP contribution in [0.15, 0.2) is 155 Å². The highest BCUT2D eigenvalue weighted by Crippen LogP contribution is 2.39. The Morgan fingerprint density at radius 1 is 0.494 bits per heavy atom. The lowest BCUT2D eigenvalue weighted by Crippen LogP contribution is -2.38. The Bertz CT molecular complexity index is 3550. The topological polar surface area (TPSA) is 167 Å². The molecule has 87 heavy (non-hydrogen) atoms. The van der Waals surface area contributed by atoms with Crippen LogP contribution >= 0.6 is 11.3 Å². The number of fused-ring (bicyclic) bond motifs is 2. The largest absolute Gasteiger partial charge is 0.494 e. The number of unbranched alkanes of at least 4 members (excludes halogenated alkanes) is 12. The van der Waals surface area contributed by atoms with Gasteiger partial charge in [-0.1, -0.05) is 82.7 Å². The molecule has 0 saturated carbocycles. The summed E-state index contributed by atoms with van der Waals surface area (Å²) in [6.07, 6.45) is 17.7. The minimum atomic E-state index is -0.885. The minimum absolute atomic E-state index is 0.266. The maximum atomic E-state index is 13.3. The molecular weight excluding hydrogens is 1110 g/mol. The predicted octanol–water partition coefficient (Wildman–Crippen LogP) is 18.0. The maximum absolute atomic E-state index is 13.3. The lowest BCUT2D eigenvalue weighted by Gasteiger charge is -2.33. The van der Waals surface area contributed by atoms with Crippen molar-refractivity contribution in [2.24, 2.45) is 10.8 Å². The number of aryl methyl sites for hydroxylation is 1. The van der Waals surface area contributed by atoms with E-state index in [1.807, 2.05) is 39.8 Å². The number of hydrogen-bond donors (Lipinski definition) is 0. The average Bonchev–Trinajstić information content (AvgIpc) is 4.05. The first kappa shape index (κ1) is 64.9. The fourth-order valence-electron chi connectivity index (χ4n) is 10.4. The number of carbonyl (C=O) groups is 4. The van der Waals surface area contributed by atoms with Gasteiger partial charge >= 0.3 is 29.5 Å². The summed E-state index contributed by atoms with van der Waals surface area (Å²) >= 11 is 1.65. The lowest BCUT2D eigenvalue weighted by molar-refractivity contribution is -0.163. The van der Waals surface area contributed by atoms with Crippen molar-refractivity contribution >= 4 is 56.4 Å². The molecule has 1 unspecified atom stereocenters. The van der Waals surface area contributed by atoms with E-state index in [9.17, 15) is 24.0 Å². The molecule has 0 radical (unpaired) electrons. The van der Waals surface area contributed by atoms with Crippen LogP contribution in [0.3, 0.4) is 0 Å². The van der Waals surface area contributed by atoms with Crippen LogP contribution in [-0.4, -0.2) is 55.3 Å². The minimum Gasteiger partial charge on any atom is -0.494 e. The second-order valence-corrected chi connectivity index (χ2v) is 24.4. The van der Waals surface area contributed by atoms with Crippen molar-refractivity contribution in [2.75, 3.05) is 26.4 Å². The molecule has 0 fully saturated rings. The molecule has 2 aromatic heterocycles. The molecule has 0 bridgehead atoms. The Kier molecular flexibility index (Phi) is 24.3. The summed E-state index contributed by atoms with van der Waals surface area (Å²) in [6, 6.07) is 44.4. The third-order valence-electron chi connectivity index (χ3n) is 15.8. The highest BCUT2D eigenvalue weighted by atomic mass is 32.1. The number of ether oxygens (including phenoxy) is 6. The van der Waals surface area contributed by atoms with Crippen molar-refractivity contribution in [3.05, 3.63) is 173 Å². The molecule has 13 nitrogen and oxygen atoms in total. The third-order valence-corrected chi connectivity index (χ3v) is 16.8. The zero-order chi connectivity index (χ0) is 61.4. The Balaban J connectivity index is 0.647. The molecule has 0 aliphatic carbocycles. The van der Waals surface area contributed by atoms with Crippen molar-refractivity contribution in [3.63, 3.8) is 0 Å². The van der Waals surface area contributed by atoms with Crippen molar-refractivity contribution in [3.8, 4) is 44.7 Å². The van der Waals surface area contributed by atoms with Crippen LogP contribution in [0.5, 0.6) is 23.0 Å². The van der Waals surface area contributed by atoms with Crippen LogP contribution in [0.4, 0.5) is 0 Å². The molecule has 0 spiro atoms. The Morgan fingerprint density at radius 3 is 1.61 bits per heavy atom. The van der Waals surface area contributed by atoms with Gasteiger partial charge in [-0.2, -0.15) is 0 Å². The van der Waals surface area contributed by atoms with Crippen LogP contribution in [0.25, 0.3) is 42.9 Å². The average molecular weight is 1200 g/mol. The van der Waals surface area contributed by atoms with Gasteiger partial charge in [-0.25, -0.2) is 19.4 Å². The van der Waals surface area contributed by atoms with Gasteiger partial charge in [0, 0.05) is 23.1 Å². The highest BCUT2D eigenvalue weighted by molar-refractivity contribution is 7.21. The van der Waals surface area contributed by atoms with Gasteiger partial charge < -0.3 is 32.8 Å². The van der Waals surface area contributed by atoms with E-state index in [0.717, 1.165) is 71.1 Å². The number of esters is 4. The SMILES string of the molecule is CCCCCCCCCc1ccc(-c2ccc3nc(-c4ccc(OC(=O)c5ccc(OCCCCCCOC(=O)C(C)(C)CC(C)(CC)C(=O)OCCCCCCOc6ccc(C(=O)Oc7ccc8ccc(=O)oc8c7)cc6)cc5)cc4)sc3c2)cc1. The van der Waals surface area contributed by atoms with Crippen LogP contribution in [0.2, 0.25) is 0 Å². The summed E-state index contributed by atoms with van der Waals surface area (Å²) in [5.74, 6) is 0.352. The van der Waals surface area contributed by atoms with Crippen molar-refractivity contribution < 1.29 is 52.0 Å². The summed E-state index contributed by atoms with van der Waals surface area (Å²) < 4.78 is 40.8. The quantitative estimate of drug-likeness (QED) is 0.0159. The van der Waals surface area contributed by atoms with Crippen LogP contribution in [0.1, 0.15) is 170 Å². The monoisotopic (exact) mass is 1200 g/mol. The van der Waals surface area contributed by atoms with Crippen LogP contribution in [0, 0.1) is 10.8 Å². The summed E-state index contributed by atoms with van der Waals surface area (Å²) in [5.41, 5.74) is 4.58. The van der Waals surface area contributed by atoms with Gasteiger partial charge in [0.25, 0.3) is 0 Å². The molecule has 8 rings (SSSR count). The highest BCUT2D eigenvalue weighted by Gasteiger charge is 2.43. The van der Waals surface area contributed by atoms with E-state index in [1.54, 1.807) is 90.2 Å². The van der Waals surface area contributed by atoms with Gasteiger partial charge in [0.1, 0.15) is 33.6 Å². The fourth-order valence-corrected chi connectivity index (χ4v) is 11.4. The summed E-state index contributed by atoms with van der Waals surface area (Å²) in [6.45, 7) is 11.3. The second kappa shape index (κ2) is 32.6. The van der Waals surface area contributed by atoms with Gasteiger partial charge in [-0.15, -0.1) is 11.3 Å². The Hall–Kier alpha value is -8.10. The van der Waals surface area contributed by atoms with E-state index >= 15 is 0 Å². The Morgan fingerprint density at radius 2 is 1.00 bits per heavy atom. The van der Waals surface area contributed by atoms with Crippen molar-refractivity contribution in [1.82, 2.24) is 4.98 Å². The summed E-state index contributed by atoms with van der Waals surface area (Å²) in [4.78, 5) is 68.9. The molecule has 0 saturated heterocycles. The van der Waals surface area contributed by atoms with E-state index in [2.05, 4.69) is 49.4 Å². The zero-order valence-corrected chi connectivity index (χ0v) is 52.0. The van der Waals surface area contributed by atoms with E-state index in [0.29, 0.717) is 86.1 Å². The van der Waals surface area contributed by atoms with Gasteiger partial charge in [-0.05, 0) is 218 Å². The normalized spacial score (nSPS) is 12.1. The molecule has 0 aliphatic rings. The second-order valence-electron chi connectivity index (χ2n) is 23.3. The van der Waals surface area contributed by atoms with Crippen LogP contribution in [-0.2, 0) is 25.5 Å². The molecule has 14 heteroatoms. The van der Waals surface area contributed by atoms with Gasteiger partial charge in [0.15, 0.2) is 0 Å². The number of thiazole rings is 1. The van der Waals surface area contributed by atoms with Crippen molar-refractivity contribution in [2.45, 2.75) is 150 Å². The lowest BCUT2D eigenvalue weighted by atomic mass is 9.72. The molecule has 2 heterocycles. The molecule has 8 aromatic rings. The standard InChI is InChI=1S/C73H83NO12S/c1-6-8-9-10-11-12-17-22-52-23-25-53(26-24-52)58-34-43-63-65(49-58)87-67(74-63)55-28-40-61(41-29-55)84-68(76)56-30-36-59(37-31-56)80-45-18-13-15-20-47-82-70(78)72(3,4)51-73(5,7-2)71(79)83-48-21-16-14-19-46-81-60-38-32-57(33-39-60)69(77)85-62-42-27-54-35-44-66(75)86-64(54)50-62/h23-44,49-50H,6-22,45-48,51H2,1-5H3. The number of nitrogens with zero attached hydrogens (tertiary/aromatic N) is 1. The number of rotatable bonds is 35. The van der Waals surface area contributed by atoms with E-state index in [4.69, 9.17) is 37.8 Å². The molecule has 1 atom stereocenters. The van der Waals surface area contributed by atoms with Gasteiger partial charge in [0.2, 0.25) is 0 Å². The summed E-state index contributed by atoms with van der Waals surface area (Å²) in [7, 11) is 0. The first-order chi connectivity index (χ1) is 42.2. The molecule has 0 amide bonds. The molecule has 458 valence electrons. The van der Waals surface area contributed by atoms with E-state index in [-0.39, 0.29) is 17.7 Å². The van der Waals surface area contributed by atoms with E-state index < -0.39 is 28.4 Å². The third kappa shape index (κ3) is 19.7. The zero-order valence-electron chi connectivity index (χ0n) is 51.2. The fraction of sp³-hybridized carbons (Fsp3) is 0.397. The first-order valence-corrected chi connectivity index (χ1v) is 31.9. The predicted molar refractivity (Wildman–Crippen MR) is 344 cm³/mol. The van der Waals surface area contributed by atoms with Gasteiger partial charge in [-0.3, -0.25) is 9.59 Å². The number of aromatic nitrogens is 1. The molecular formula is C73H83NO12S. The van der Waals surface area contributed by atoms with E-state index in [1.165, 1.54) is 73.8 Å². The Labute approximate surface area is 515 Å². The summed E-state index contributed by atoms with van der Waals surface area (Å²) in [5, 5.41) is 1.63. The molecule has 0 aliphatic heterocycles. The maximum Gasteiger partial charge on any atom is 0.343 e. The molecule has 0 N–H and O–H groups in total. The molecule has 6 aromatic carbocycles. The number of benzene rings is 6. The van der Waals surface area contributed by atoms with Crippen molar-refractivity contribution in [1.29, 1.82) is 0 Å². The first-order valence-electron chi connectivity index (χ1n) is 31.1. The number of hydrogen-bond acceptors (Lipinski definition) is 14. The van der Waals surface area contributed by atoms with Gasteiger partial charge in [0.05, 0.1) is 58.6 Å². The smallest absolute Gasteiger partial charge is 0.343 e. The number of carbonyl (C=O) groups excluding carboxylic acids is 4. The van der Waals surface area contributed by atoms with Crippen LogP contribution < -0.4 is 24.6 Å².